The van der Waals surface area contributed by atoms with Crippen LogP contribution in [0.1, 0.15) is 5.56 Å². The van der Waals surface area contributed by atoms with E-state index in [0.717, 1.165) is 0 Å². The van der Waals surface area contributed by atoms with Crippen LogP contribution in [-0.4, -0.2) is 4.57 Å². The highest BCUT2D eigenvalue weighted by Crippen LogP contribution is 2.06. The molecular formula is C9H9Cl2NO. The Morgan fingerprint density at radius 3 is 2.92 bits per heavy atom. The Hall–Kier alpha value is -0.730. The van der Waals surface area contributed by atoms with Crippen LogP contribution in [-0.2, 0) is 6.54 Å². The van der Waals surface area contributed by atoms with E-state index in [9.17, 15) is 4.79 Å². The van der Waals surface area contributed by atoms with Gasteiger partial charge in [0.1, 0.15) is 0 Å². The first-order chi connectivity index (χ1) is 6.13. The van der Waals surface area contributed by atoms with Gasteiger partial charge in [0.25, 0.3) is 0 Å². The van der Waals surface area contributed by atoms with E-state index < -0.39 is 0 Å². The molecule has 0 radical (unpaired) electrons. The molecule has 0 bridgehead atoms. The summed E-state index contributed by atoms with van der Waals surface area (Å²) in [4.78, 5) is 11.0. The van der Waals surface area contributed by atoms with Crippen LogP contribution >= 0.6 is 23.2 Å². The van der Waals surface area contributed by atoms with Crippen molar-refractivity contribution in [2.24, 2.45) is 0 Å². The van der Waals surface area contributed by atoms with E-state index in [1.807, 2.05) is 0 Å². The molecule has 0 spiro atoms. The van der Waals surface area contributed by atoms with Gasteiger partial charge in [0.15, 0.2) is 5.43 Å². The molecule has 0 aliphatic rings. The first-order valence-corrected chi connectivity index (χ1v) is 4.56. The number of allylic oxidation sites excluding steroid dienone is 1. The van der Waals surface area contributed by atoms with E-state index in [-0.39, 0.29) is 5.43 Å². The van der Waals surface area contributed by atoms with Gasteiger partial charge < -0.3 is 4.57 Å². The predicted octanol–water partition coefficient (Wildman–Crippen LogP) is 2.48. The number of hydrogen-bond acceptors (Lipinski definition) is 1. The van der Waals surface area contributed by atoms with Crippen LogP contribution < -0.4 is 5.43 Å². The molecule has 1 aromatic rings. The third-order valence-corrected chi connectivity index (χ3v) is 2.22. The molecule has 1 aromatic heterocycles. The average molecular weight is 218 g/mol. The number of aryl methyl sites for hydroxylation is 1. The van der Waals surface area contributed by atoms with Crippen molar-refractivity contribution >= 4 is 23.2 Å². The van der Waals surface area contributed by atoms with Crippen molar-refractivity contribution in [3.05, 3.63) is 44.8 Å². The molecule has 0 saturated heterocycles. The summed E-state index contributed by atoms with van der Waals surface area (Å²) in [6.45, 7) is 2.25. The Labute approximate surface area is 86.4 Å². The Kier molecular flexibility index (Phi) is 3.58. The molecule has 70 valence electrons. The third kappa shape index (κ3) is 2.90. The fourth-order valence-corrected chi connectivity index (χ4v) is 1.16. The summed E-state index contributed by atoms with van der Waals surface area (Å²) in [5.74, 6) is 0. The summed E-state index contributed by atoms with van der Waals surface area (Å²) in [7, 11) is 0. The molecule has 0 aliphatic carbocycles. The highest BCUT2D eigenvalue weighted by atomic mass is 35.5. The van der Waals surface area contributed by atoms with E-state index in [2.05, 4.69) is 0 Å². The van der Waals surface area contributed by atoms with Crippen LogP contribution in [0.3, 0.4) is 0 Å². The van der Waals surface area contributed by atoms with Crippen molar-refractivity contribution in [1.82, 2.24) is 4.57 Å². The van der Waals surface area contributed by atoms with E-state index in [1.165, 1.54) is 11.6 Å². The smallest absolute Gasteiger partial charge is 0.184 e. The molecule has 13 heavy (non-hydrogen) atoms. The van der Waals surface area contributed by atoms with Crippen LogP contribution in [0.15, 0.2) is 33.8 Å². The summed E-state index contributed by atoms with van der Waals surface area (Å²) in [6.07, 6.45) is 3.42. The number of rotatable bonds is 2. The average Bonchev–Trinajstić information content (AvgIpc) is 2.11. The second-order valence-corrected chi connectivity index (χ2v) is 3.42. The first kappa shape index (κ1) is 10.4. The summed E-state index contributed by atoms with van der Waals surface area (Å²) < 4.78 is 1.80. The van der Waals surface area contributed by atoms with Crippen molar-refractivity contribution < 1.29 is 0 Å². The molecule has 0 atom stereocenters. The molecule has 1 heterocycles. The largest absolute Gasteiger partial charge is 0.348 e. The van der Waals surface area contributed by atoms with Gasteiger partial charge in [-0.2, -0.15) is 0 Å². The molecule has 0 amide bonds. The lowest BCUT2D eigenvalue weighted by Gasteiger charge is -2.04. The minimum Gasteiger partial charge on any atom is -0.348 e. The zero-order valence-corrected chi connectivity index (χ0v) is 8.64. The third-order valence-electron chi connectivity index (χ3n) is 1.62. The lowest BCUT2D eigenvalue weighted by Crippen LogP contribution is -2.08. The molecule has 2 nitrogen and oxygen atoms in total. The maximum atomic E-state index is 11.0. The first-order valence-electron chi connectivity index (χ1n) is 3.75. The molecule has 0 fully saturated rings. The molecule has 0 aliphatic heterocycles. The summed E-state index contributed by atoms with van der Waals surface area (Å²) in [5.41, 5.74) is 2.04. The quantitative estimate of drug-likeness (QED) is 0.747. The van der Waals surface area contributed by atoms with Gasteiger partial charge in [-0.25, -0.2) is 0 Å². The van der Waals surface area contributed by atoms with Gasteiger partial charge in [-0.15, -0.1) is 0 Å². The normalized spacial score (nSPS) is 11.8. The van der Waals surface area contributed by atoms with Gasteiger partial charge in [-0.3, -0.25) is 4.79 Å². The maximum absolute atomic E-state index is 11.0. The SMILES string of the molecule is Cc1cn(C/C(Cl)=C/Cl)ccc1=O. The number of pyridine rings is 1. The second-order valence-electron chi connectivity index (χ2n) is 2.72. The van der Waals surface area contributed by atoms with Crippen LogP contribution in [0.2, 0.25) is 0 Å². The topological polar surface area (TPSA) is 22.0 Å². The van der Waals surface area contributed by atoms with Gasteiger partial charge >= 0.3 is 0 Å². The maximum Gasteiger partial charge on any atom is 0.184 e. The number of halogens is 2. The molecular weight excluding hydrogens is 209 g/mol. The Morgan fingerprint density at radius 2 is 2.38 bits per heavy atom. The van der Waals surface area contributed by atoms with Crippen molar-refractivity contribution in [1.29, 1.82) is 0 Å². The fraction of sp³-hybridized carbons (Fsp3) is 0.222. The van der Waals surface area contributed by atoms with Crippen molar-refractivity contribution in [3.8, 4) is 0 Å². The molecule has 0 unspecified atom stereocenters. The Bertz CT molecular complexity index is 381. The van der Waals surface area contributed by atoms with E-state index >= 15 is 0 Å². The fourth-order valence-electron chi connectivity index (χ4n) is 0.958. The Morgan fingerprint density at radius 1 is 1.69 bits per heavy atom. The van der Waals surface area contributed by atoms with Gasteiger partial charge in [-0.05, 0) is 6.92 Å². The van der Waals surface area contributed by atoms with Gasteiger partial charge in [0, 0.05) is 34.6 Å². The number of nitrogens with zero attached hydrogens (tertiary/aromatic N) is 1. The van der Waals surface area contributed by atoms with Gasteiger partial charge in [-0.1, -0.05) is 23.2 Å². The zero-order chi connectivity index (χ0) is 9.84. The van der Waals surface area contributed by atoms with Crippen molar-refractivity contribution in [3.63, 3.8) is 0 Å². The highest BCUT2D eigenvalue weighted by Gasteiger charge is 1.96. The van der Waals surface area contributed by atoms with Crippen LogP contribution in [0, 0.1) is 6.92 Å². The van der Waals surface area contributed by atoms with E-state index in [0.29, 0.717) is 17.1 Å². The molecule has 0 aromatic carbocycles. The summed E-state index contributed by atoms with van der Waals surface area (Å²) in [5, 5.41) is 0.532. The standard InChI is InChI=1S/C9H9Cl2NO/c1-7-5-12(3-2-9(7)13)6-8(11)4-10/h2-5H,6H2,1H3/b8-4-. The summed E-state index contributed by atoms with van der Waals surface area (Å²) >= 11 is 11.1. The lowest BCUT2D eigenvalue weighted by atomic mass is 10.3. The van der Waals surface area contributed by atoms with Crippen LogP contribution in [0.5, 0.6) is 0 Å². The second kappa shape index (κ2) is 4.49. The van der Waals surface area contributed by atoms with E-state index in [1.54, 1.807) is 23.9 Å². The molecule has 0 N–H and O–H groups in total. The number of hydrogen-bond donors (Lipinski definition) is 0. The highest BCUT2D eigenvalue weighted by molar-refractivity contribution is 6.36. The monoisotopic (exact) mass is 217 g/mol. The van der Waals surface area contributed by atoms with E-state index in [4.69, 9.17) is 23.2 Å². The van der Waals surface area contributed by atoms with Crippen molar-refractivity contribution in [2.75, 3.05) is 0 Å². The lowest BCUT2D eigenvalue weighted by molar-refractivity contribution is 0.795. The molecule has 1 rings (SSSR count). The van der Waals surface area contributed by atoms with Crippen molar-refractivity contribution in [2.45, 2.75) is 13.5 Å². The van der Waals surface area contributed by atoms with Gasteiger partial charge in [0.05, 0.1) is 6.54 Å². The van der Waals surface area contributed by atoms with Crippen LogP contribution in [0.25, 0.3) is 0 Å². The zero-order valence-electron chi connectivity index (χ0n) is 7.13. The Balaban J connectivity index is 2.92. The van der Waals surface area contributed by atoms with Crippen LogP contribution in [0.4, 0.5) is 0 Å². The minimum atomic E-state index is 0.0298. The van der Waals surface area contributed by atoms with Gasteiger partial charge in [0.2, 0.25) is 0 Å². The summed E-state index contributed by atoms with van der Waals surface area (Å²) in [6, 6.07) is 1.51. The molecule has 0 saturated carbocycles. The molecule has 4 heteroatoms. The predicted molar refractivity (Wildman–Crippen MR) is 55.2 cm³/mol. The number of aromatic nitrogens is 1. The minimum absolute atomic E-state index is 0.0298.